The Morgan fingerprint density at radius 2 is 1.88 bits per heavy atom. The first-order chi connectivity index (χ1) is 12.2. The molecule has 0 radical (unpaired) electrons. The number of rotatable bonds is 3. The van der Waals surface area contributed by atoms with Crippen molar-refractivity contribution in [3.05, 3.63) is 29.1 Å². The summed E-state index contributed by atoms with van der Waals surface area (Å²) in [5.41, 5.74) is 8.22. The van der Waals surface area contributed by atoms with Crippen LogP contribution in [0.25, 0.3) is 11.1 Å². The first kappa shape index (κ1) is 16.3. The number of hydrogen-bond acceptors (Lipinski definition) is 6. The van der Waals surface area contributed by atoms with Gasteiger partial charge in [0.05, 0.1) is 0 Å². The number of thiophene rings is 1. The smallest absolute Gasteiger partial charge is 0.342 e. The third kappa shape index (κ3) is 3.31. The molecule has 0 spiro atoms. The molecular weight excluding hydrogens is 338 g/mol. The highest BCUT2D eigenvalue weighted by molar-refractivity contribution is 7.14. The maximum Gasteiger partial charge on any atom is 0.342 e. The highest BCUT2D eigenvalue weighted by atomic mass is 32.1. The Hall–Kier alpha value is -2.21. The highest BCUT2D eigenvalue weighted by Gasteiger charge is 2.25. The molecule has 0 saturated heterocycles. The summed E-state index contributed by atoms with van der Waals surface area (Å²) in [5.74, 6) is 1.10. The van der Waals surface area contributed by atoms with E-state index in [-0.39, 0.29) is 12.1 Å². The SMILES string of the molecule is Nc1scc(-c2ccc3c(c2)OCCO3)c1C(=O)OC1CCCCC1. The molecule has 2 aliphatic rings. The van der Waals surface area contributed by atoms with E-state index in [0.29, 0.717) is 29.5 Å². The minimum Gasteiger partial charge on any atom is -0.486 e. The molecule has 0 unspecified atom stereocenters. The van der Waals surface area contributed by atoms with Crippen molar-refractivity contribution in [1.82, 2.24) is 0 Å². The highest BCUT2D eigenvalue weighted by Crippen LogP contribution is 2.39. The second-order valence-corrected chi connectivity index (χ2v) is 7.32. The Morgan fingerprint density at radius 3 is 2.68 bits per heavy atom. The van der Waals surface area contributed by atoms with Crippen molar-refractivity contribution >= 4 is 22.3 Å². The Bertz CT molecular complexity index is 780. The number of anilines is 1. The van der Waals surface area contributed by atoms with Crippen LogP contribution in [-0.4, -0.2) is 25.3 Å². The van der Waals surface area contributed by atoms with Gasteiger partial charge in [-0.1, -0.05) is 12.5 Å². The lowest BCUT2D eigenvalue weighted by atomic mass is 9.97. The van der Waals surface area contributed by atoms with Crippen LogP contribution in [-0.2, 0) is 4.74 Å². The molecule has 0 amide bonds. The Balaban J connectivity index is 1.62. The van der Waals surface area contributed by atoms with Gasteiger partial charge in [0.1, 0.15) is 29.9 Å². The number of carbonyl (C=O) groups excluding carboxylic acids is 1. The zero-order valence-corrected chi connectivity index (χ0v) is 14.8. The fraction of sp³-hybridized carbons (Fsp3) is 0.421. The van der Waals surface area contributed by atoms with Crippen molar-refractivity contribution in [1.29, 1.82) is 0 Å². The standard InChI is InChI=1S/C19H21NO4S/c20-18-17(19(21)24-13-4-2-1-3-5-13)14(11-25-18)12-6-7-15-16(10-12)23-9-8-22-15/h6-7,10-11,13H,1-5,8-9,20H2. The number of ether oxygens (including phenoxy) is 3. The quantitative estimate of drug-likeness (QED) is 0.829. The molecular formula is C19H21NO4S. The molecule has 2 heterocycles. The molecule has 1 saturated carbocycles. The van der Waals surface area contributed by atoms with Crippen LogP contribution in [0.2, 0.25) is 0 Å². The minimum atomic E-state index is -0.324. The molecule has 6 heteroatoms. The summed E-state index contributed by atoms with van der Waals surface area (Å²) in [5, 5.41) is 2.39. The van der Waals surface area contributed by atoms with E-state index in [1.165, 1.54) is 17.8 Å². The number of nitrogens with two attached hydrogens (primary N) is 1. The largest absolute Gasteiger partial charge is 0.486 e. The molecule has 1 aliphatic carbocycles. The summed E-state index contributed by atoms with van der Waals surface area (Å²) in [6.45, 7) is 1.08. The second kappa shape index (κ2) is 6.96. The summed E-state index contributed by atoms with van der Waals surface area (Å²) < 4.78 is 16.9. The average Bonchev–Trinajstić information content (AvgIpc) is 3.04. The predicted molar refractivity (Wildman–Crippen MR) is 97.4 cm³/mol. The summed E-state index contributed by atoms with van der Waals surface area (Å²) in [6.07, 6.45) is 5.34. The van der Waals surface area contributed by atoms with Crippen molar-refractivity contribution in [2.75, 3.05) is 18.9 Å². The summed E-state index contributed by atoms with van der Waals surface area (Å²) in [4.78, 5) is 12.7. The summed E-state index contributed by atoms with van der Waals surface area (Å²) in [7, 11) is 0. The fourth-order valence-electron chi connectivity index (χ4n) is 3.40. The van der Waals surface area contributed by atoms with E-state index in [2.05, 4.69) is 0 Å². The number of esters is 1. The lowest BCUT2D eigenvalue weighted by Crippen LogP contribution is -2.21. The fourth-order valence-corrected chi connectivity index (χ4v) is 4.21. The third-order valence-corrected chi connectivity index (χ3v) is 5.51. The Kier molecular flexibility index (Phi) is 4.53. The van der Waals surface area contributed by atoms with E-state index in [4.69, 9.17) is 19.9 Å². The van der Waals surface area contributed by atoms with Crippen LogP contribution in [0.15, 0.2) is 23.6 Å². The Morgan fingerprint density at radius 1 is 1.12 bits per heavy atom. The molecule has 4 rings (SSSR count). The number of carbonyl (C=O) groups is 1. The van der Waals surface area contributed by atoms with Gasteiger partial charge >= 0.3 is 5.97 Å². The van der Waals surface area contributed by atoms with Crippen LogP contribution in [0.5, 0.6) is 11.5 Å². The van der Waals surface area contributed by atoms with Gasteiger partial charge in [-0.25, -0.2) is 4.79 Å². The van der Waals surface area contributed by atoms with E-state index in [1.54, 1.807) is 0 Å². The first-order valence-electron chi connectivity index (χ1n) is 8.70. The maximum atomic E-state index is 12.7. The van der Waals surface area contributed by atoms with E-state index in [1.807, 2.05) is 23.6 Å². The molecule has 2 N–H and O–H groups in total. The number of hydrogen-bond donors (Lipinski definition) is 1. The molecule has 1 aromatic heterocycles. The van der Waals surface area contributed by atoms with Gasteiger partial charge in [-0.2, -0.15) is 0 Å². The van der Waals surface area contributed by atoms with Crippen LogP contribution in [0, 0.1) is 0 Å². The monoisotopic (exact) mass is 359 g/mol. The van der Waals surface area contributed by atoms with Gasteiger partial charge in [0.25, 0.3) is 0 Å². The van der Waals surface area contributed by atoms with Gasteiger partial charge in [-0.3, -0.25) is 0 Å². The van der Waals surface area contributed by atoms with Crippen molar-refractivity contribution in [2.45, 2.75) is 38.2 Å². The second-order valence-electron chi connectivity index (χ2n) is 6.41. The normalized spacial score (nSPS) is 17.3. The number of fused-ring (bicyclic) bond motifs is 1. The molecule has 0 atom stereocenters. The van der Waals surface area contributed by atoms with Gasteiger partial charge < -0.3 is 19.9 Å². The maximum absolute atomic E-state index is 12.7. The first-order valence-corrected chi connectivity index (χ1v) is 9.58. The van der Waals surface area contributed by atoms with Gasteiger partial charge in [-0.15, -0.1) is 11.3 Å². The predicted octanol–water partition coefficient (Wildman–Crippen LogP) is 4.26. The van der Waals surface area contributed by atoms with Crippen LogP contribution in [0.3, 0.4) is 0 Å². The molecule has 0 bridgehead atoms. The third-order valence-electron chi connectivity index (χ3n) is 4.70. The molecule has 1 aliphatic heterocycles. The molecule has 132 valence electrons. The van der Waals surface area contributed by atoms with Gasteiger partial charge in [0.15, 0.2) is 11.5 Å². The molecule has 5 nitrogen and oxygen atoms in total. The van der Waals surface area contributed by atoms with Gasteiger partial charge in [0.2, 0.25) is 0 Å². The van der Waals surface area contributed by atoms with E-state index in [0.717, 1.165) is 42.6 Å². The molecule has 2 aromatic rings. The molecule has 1 fully saturated rings. The lowest BCUT2D eigenvalue weighted by molar-refractivity contribution is 0.0214. The van der Waals surface area contributed by atoms with Crippen LogP contribution in [0.1, 0.15) is 42.5 Å². The van der Waals surface area contributed by atoms with Crippen molar-refractivity contribution in [3.8, 4) is 22.6 Å². The van der Waals surface area contributed by atoms with Crippen molar-refractivity contribution < 1.29 is 19.0 Å². The molecule has 1 aromatic carbocycles. The Labute approximate surface area is 150 Å². The summed E-state index contributed by atoms with van der Waals surface area (Å²) >= 11 is 1.36. The number of nitrogen functional groups attached to an aromatic ring is 1. The van der Waals surface area contributed by atoms with E-state index in [9.17, 15) is 4.79 Å². The molecule has 25 heavy (non-hydrogen) atoms. The zero-order valence-electron chi connectivity index (χ0n) is 14.0. The van der Waals surface area contributed by atoms with Crippen molar-refractivity contribution in [2.24, 2.45) is 0 Å². The minimum absolute atomic E-state index is 0.00802. The topological polar surface area (TPSA) is 70.8 Å². The van der Waals surface area contributed by atoms with Crippen molar-refractivity contribution in [3.63, 3.8) is 0 Å². The van der Waals surface area contributed by atoms with Gasteiger partial charge in [0, 0.05) is 10.9 Å². The van der Waals surface area contributed by atoms with E-state index < -0.39 is 0 Å². The van der Waals surface area contributed by atoms with E-state index >= 15 is 0 Å². The zero-order chi connectivity index (χ0) is 17.2. The van der Waals surface area contributed by atoms with Crippen LogP contribution >= 0.6 is 11.3 Å². The lowest BCUT2D eigenvalue weighted by Gasteiger charge is -2.22. The average molecular weight is 359 g/mol. The van der Waals surface area contributed by atoms with Crippen LogP contribution < -0.4 is 15.2 Å². The number of benzene rings is 1. The van der Waals surface area contributed by atoms with Gasteiger partial charge in [-0.05, 0) is 43.4 Å². The summed E-state index contributed by atoms with van der Waals surface area (Å²) in [6, 6.07) is 5.69. The van der Waals surface area contributed by atoms with Crippen LogP contribution in [0.4, 0.5) is 5.00 Å².